The Morgan fingerprint density at radius 3 is 1.62 bits per heavy atom. The van der Waals surface area contributed by atoms with Gasteiger partial charge in [0.25, 0.3) is 0 Å². The summed E-state index contributed by atoms with van der Waals surface area (Å²) in [5.41, 5.74) is 2.70. The Morgan fingerprint density at radius 2 is 1.29 bits per heavy atom. The lowest BCUT2D eigenvalue weighted by molar-refractivity contribution is 0.514. The molecule has 0 aliphatic heterocycles. The molecule has 0 aromatic rings. The summed E-state index contributed by atoms with van der Waals surface area (Å²) in [4.78, 5) is 0. The highest BCUT2D eigenvalue weighted by Crippen LogP contribution is 2.22. The van der Waals surface area contributed by atoms with Crippen LogP contribution >= 0.6 is 0 Å². The van der Waals surface area contributed by atoms with Crippen LogP contribution in [0.4, 0.5) is 0 Å². The third-order valence-corrected chi connectivity index (χ3v) is 4.30. The molecule has 0 heterocycles. The summed E-state index contributed by atoms with van der Waals surface area (Å²) < 4.78 is 0. The third-order valence-electron chi connectivity index (χ3n) is 4.30. The molecule has 0 saturated heterocycles. The van der Waals surface area contributed by atoms with E-state index in [-0.39, 0.29) is 7.43 Å². The Labute approximate surface area is 155 Å². The van der Waals surface area contributed by atoms with Gasteiger partial charge in [-0.2, -0.15) is 0 Å². The Morgan fingerprint density at radius 1 is 0.792 bits per heavy atom. The molecule has 0 amide bonds. The lowest BCUT2D eigenvalue weighted by atomic mass is 9.90. The molecule has 0 aliphatic rings. The van der Waals surface area contributed by atoms with Gasteiger partial charge in [0.2, 0.25) is 0 Å². The van der Waals surface area contributed by atoms with E-state index in [1.54, 1.807) is 0 Å². The minimum absolute atomic E-state index is 0. The van der Waals surface area contributed by atoms with Gasteiger partial charge in [-0.1, -0.05) is 123 Å². The van der Waals surface area contributed by atoms with Gasteiger partial charge in [-0.25, -0.2) is 0 Å². The molecular formula is C24H48. The van der Waals surface area contributed by atoms with Crippen LogP contribution in [-0.2, 0) is 0 Å². The first-order chi connectivity index (χ1) is 11.1. The zero-order valence-corrected chi connectivity index (χ0v) is 17.1. The zero-order valence-electron chi connectivity index (χ0n) is 17.1. The van der Waals surface area contributed by atoms with Crippen LogP contribution in [0.25, 0.3) is 0 Å². The van der Waals surface area contributed by atoms with E-state index >= 15 is 0 Å². The van der Waals surface area contributed by atoms with Gasteiger partial charge in [-0.15, -0.1) is 0 Å². The van der Waals surface area contributed by atoms with Crippen molar-refractivity contribution in [3.05, 3.63) is 36.0 Å². The summed E-state index contributed by atoms with van der Waals surface area (Å²) in [6.07, 6.45) is 19.8. The smallest absolute Gasteiger partial charge is 0.0168 e. The van der Waals surface area contributed by atoms with E-state index in [4.69, 9.17) is 0 Å². The normalized spacial score (nSPS) is 11.2. The fraction of sp³-hybridized carbons (Fsp3) is 0.750. The quantitative estimate of drug-likeness (QED) is 0.246. The average Bonchev–Trinajstić information content (AvgIpc) is 2.56. The highest BCUT2D eigenvalue weighted by Gasteiger charge is 2.08. The number of hydrogen-bond donors (Lipinski definition) is 0. The van der Waals surface area contributed by atoms with E-state index in [9.17, 15) is 0 Å². The van der Waals surface area contributed by atoms with Crippen LogP contribution in [0.2, 0.25) is 0 Å². The van der Waals surface area contributed by atoms with E-state index in [0.29, 0.717) is 5.92 Å². The second kappa shape index (κ2) is 22.2. The van der Waals surface area contributed by atoms with Crippen molar-refractivity contribution >= 4 is 0 Å². The SMILES string of the molecule is C.C=C(/C=C\C(=C/C)CC)C(CCC)CCC.CCCCCCC. The molecule has 0 heteroatoms. The summed E-state index contributed by atoms with van der Waals surface area (Å²) >= 11 is 0. The molecule has 0 nitrogen and oxygen atoms in total. The molecule has 0 fully saturated rings. The predicted molar refractivity (Wildman–Crippen MR) is 117 cm³/mol. The van der Waals surface area contributed by atoms with Gasteiger partial charge in [0, 0.05) is 0 Å². The van der Waals surface area contributed by atoms with Gasteiger partial charge in [0.1, 0.15) is 0 Å². The van der Waals surface area contributed by atoms with Gasteiger partial charge in [-0.05, 0) is 32.1 Å². The standard InChI is InChI=1S/C16H28.C7H16.CH4/c1-6-10-16(11-7-2)14(5)12-13-15(8-3)9-4;1-3-5-7-6-4-2;/h8,12-13,16H,5-7,9-11H2,1-4H3;3-7H2,1-2H3;1H4/b13-12-,15-8-;;. The number of rotatable bonds is 12. The molecule has 0 saturated carbocycles. The molecule has 0 bridgehead atoms. The Kier molecular flexibility index (Phi) is 26.0. The van der Waals surface area contributed by atoms with E-state index in [2.05, 4.69) is 66.3 Å². The van der Waals surface area contributed by atoms with Crippen molar-refractivity contribution in [3.8, 4) is 0 Å². The van der Waals surface area contributed by atoms with Crippen molar-refractivity contribution in [2.24, 2.45) is 5.92 Å². The summed E-state index contributed by atoms with van der Waals surface area (Å²) in [6, 6.07) is 0. The maximum Gasteiger partial charge on any atom is -0.0168 e. The van der Waals surface area contributed by atoms with Gasteiger partial charge in [0.15, 0.2) is 0 Å². The average molecular weight is 337 g/mol. The molecule has 0 aromatic carbocycles. The molecule has 0 aliphatic carbocycles. The Bertz CT molecular complexity index is 296. The van der Waals surface area contributed by atoms with Crippen LogP contribution in [0.1, 0.15) is 113 Å². The van der Waals surface area contributed by atoms with E-state index in [1.165, 1.54) is 68.9 Å². The summed E-state index contributed by atoms with van der Waals surface area (Å²) in [6.45, 7) is 17.5. The molecule has 0 unspecified atom stereocenters. The molecule has 0 atom stereocenters. The molecule has 144 valence electrons. The third kappa shape index (κ3) is 17.6. The molecule has 0 radical (unpaired) electrons. The number of allylic oxidation sites excluding steroid dienone is 5. The fourth-order valence-corrected chi connectivity index (χ4v) is 2.66. The zero-order chi connectivity index (χ0) is 17.9. The highest BCUT2D eigenvalue weighted by molar-refractivity contribution is 5.27. The van der Waals surface area contributed by atoms with Gasteiger partial charge in [0.05, 0.1) is 0 Å². The van der Waals surface area contributed by atoms with Crippen molar-refractivity contribution in [3.63, 3.8) is 0 Å². The fourth-order valence-electron chi connectivity index (χ4n) is 2.66. The van der Waals surface area contributed by atoms with Crippen LogP contribution in [0.5, 0.6) is 0 Å². The number of hydrogen-bond acceptors (Lipinski definition) is 0. The molecule has 24 heavy (non-hydrogen) atoms. The largest absolute Gasteiger partial charge is 0.0955 e. The molecule has 0 aromatic heterocycles. The molecular weight excluding hydrogens is 288 g/mol. The van der Waals surface area contributed by atoms with Crippen molar-refractivity contribution < 1.29 is 0 Å². The predicted octanol–water partition coefficient (Wildman–Crippen LogP) is 9.28. The minimum atomic E-state index is 0. The van der Waals surface area contributed by atoms with Crippen LogP contribution in [-0.4, -0.2) is 0 Å². The Hall–Kier alpha value is -0.780. The van der Waals surface area contributed by atoms with Crippen molar-refractivity contribution in [2.75, 3.05) is 0 Å². The van der Waals surface area contributed by atoms with Crippen molar-refractivity contribution in [1.29, 1.82) is 0 Å². The monoisotopic (exact) mass is 336 g/mol. The van der Waals surface area contributed by atoms with Crippen LogP contribution in [0.15, 0.2) is 36.0 Å². The summed E-state index contributed by atoms with van der Waals surface area (Å²) in [5.74, 6) is 0.682. The van der Waals surface area contributed by atoms with E-state index < -0.39 is 0 Å². The van der Waals surface area contributed by atoms with E-state index in [0.717, 1.165) is 6.42 Å². The topological polar surface area (TPSA) is 0 Å². The van der Waals surface area contributed by atoms with Crippen LogP contribution < -0.4 is 0 Å². The first-order valence-electron chi connectivity index (χ1n) is 10.1. The maximum absolute atomic E-state index is 4.22. The molecule has 0 spiro atoms. The Balaban J connectivity index is -0.000000468. The second-order valence-electron chi connectivity index (χ2n) is 6.46. The van der Waals surface area contributed by atoms with Gasteiger partial charge < -0.3 is 0 Å². The summed E-state index contributed by atoms with van der Waals surface area (Å²) in [7, 11) is 0. The first-order valence-corrected chi connectivity index (χ1v) is 10.1. The lowest BCUT2D eigenvalue weighted by Gasteiger charge is -2.15. The number of unbranched alkanes of at least 4 members (excludes halogenated alkanes) is 4. The van der Waals surface area contributed by atoms with Gasteiger partial charge >= 0.3 is 0 Å². The van der Waals surface area contributed by atoms with Gasteiger partial charge in [-0.3, -0.25) is 0 Å². The summed E-state index contributed by atoms with van der Waals surface area (Å²) in [5, 5.41) is 0. The molecule has 0 rings (SSSR count). The first kappa shape index (κ1) is 28.0. The van der Waals surface area contributed by atoms with Crippen LogP contribution in [0.3, 0.4) is 0 Å². The lowest BCUT2D eigenvalue weighted by Crippen LogP contribution is -2.01. The minimum Gasteiger partial charge on any atom is -0.0955 e. The van der Waals surface area contributed by atoms with Crippen LogP contribution in [0, 0.1) is 5.92 Å². The van der Waals surface area contributed by atoms with Crippen molar-refractivity contribution in [1.82, 2.24) is 0 Å². The van der Waals surface area contributed by atoms with Crippen molar-refractivity contribution in [2.45, 2.75) is 113 Å². The maximum atomic E-state index is 4.22. The second-order valence-corrected chi connectivity index (χ2v) is 6.46. The van der Waals surface area contributed by atoms with E-state index in [1.807, 2.05) is 0 Å². The highest BCUT2D eigenvalue weighted by atomic mass is 14.1. The molecule has 0 N–H and O–H groups in total.